The zero-order valence-electron chi connectivity index (χ0n) is 15.6. The van der Waals surface area contributed by atoms with E-state index in [9.17, 15) is 14.9 Å². The lowest BCUT2D eigenvalue weighted by atomic mass is 9.99. The van der Waals surface area contributed by atoms with Crippen LogP contribution in [-0.4, -0.2) is 30.5 Å². The second-order valence-electron chi connectivity index (χ2n) is 7.15. The summed E-state index contributed by atoms with van der Waals surface area (Å²) in [5.41, 5.74) is 2.06. The summed E-state index contributed by atoms with van der Waals surface area (Å²) >= 11 is 0. The van der Waals surface area contributed by atoms with Gasteiger partial charge in [-0.2, -0.15) is 0 Å². The predicted octanol–water partition coefficient (Wildman–Crippen LogP) is 3.80. The summed E-state index contributed by atoms with van der Waals surface area (Å²) in [4.78, 5) is 25.6. The molecule has 1 amide bonds. The van der Waals surface area contributed by atoms with Gasteiger partial charge >= 0.3 is 0 Å². The number of nitro groups is 1. The number of nitrogens with zero attached hydrogens (tertiary/aromatic N) is 2. The third-order valence-corrected chi connectivity index (χ3v) is 4.97. The van der Waals surface area contributed by atoms with Gasteiger partial charge in [0.2, 0.25) is 0 Å². The second kappa shape index (κ2) is 8.66. The lowest BCUT2D eigenvalue weighted by molar-refractivity contribution is -0.384. The van der Waals surface area contributed by atoms with E-state index in [1.165, 1.54) is 6.07 Å². The van der Waals surface area contributed by atoms with E-state index in [1.807, 2.05) is 30.3 Å². The van der Waals surface area contributed by atoms with E-state index in [0.717, 1.165) is 37.9 Å². The van der Waals surface area contributed by atoms with E-state index >= 15 is 0 Å². The molecule has 1 atom stereocenters. The second-order valence-corrected chi connectivity index (χ2v) is 7.15. The number of rotatable bonds is 6. The topological polar surface area (TPSA) is 75.5 Å². The molecular weight excluding hydrogens is 342 g/mol. The van der Waals surface area contributed by atoms with Gasteiger partial charge in [-0.1, -0.05) is 37.3 Å². The van der Waals surface area contributed by atoms with Crippen LogP contribution in [0.4, 0.5) is 11.4 Å². The SMILES string of the molecule is C[C@H]1CCCN(c2ccc(C(=O)NCCc3ccccc3)cc2[N+](=O)[O-])C1. The Balaban J connectivity index is 1.69. The molecule has 1 aliphatic rings. The van der Waals surface area contributed by atoms with Gasteiger partial charge in [-0.15, -0.1) is 0 Å². The Morgan fingerprint density at radius 2 is 2.04 bits per heavy atom. The molecule has 2 aromatic rings. The van der Waals surface area contributed by atoms with Gasteiger partial charge < -0.3 is 10.2 Å². The monoisotopic (exact) mass is 367 g/mol. The standard InChI is InChI=1S/C21H25N3O3/c1-16-6-5-13-23(15-16)19-10-9-18(14-20(19)24(26)27)21(25)22-12-11-17-7-3-2-4-8-17/h2-4,7-10,14,16H,5-6,11-13,15H2,1H3,(H,22,25)/t16-/m0/s1. The Morgan fingerprint density at radius 3 is 2.74 bits per heavy atom. The van der Waals surface area contributed by atoms with Gasteiger partial charge in [0, 0.05) is 31.3 Å². The number of piperidine rings is 1. The molecule has 142 valence electrons. The summed E-state index contributed by atoms with van der Waals surface area (Å²) in [6.45, 7) is 4.27. The number of carbonyl (C=O) groups is 1. The highest BCUT2D eigenvalue weighted by Crippen LogP contribution is 2.32. The maximum atomic E-state index is 12.4. The maximum absolute atomic E-state index is 12.4. The van der Waals surface area contributed by atoms with Crippen molar-refractivity contribution in [2.24, 2.45) is 5.92 Å². The van der Waals surface area contributed by atoms with Crippen LogP contribution in [0.2, 0.25) is 0 Å². The largest absolute Gasteiger partial charge is 0.366 e. The summed E-state index contributed by atoms with van der Waals surface area (Å²) in [5, 5.41) is 14.4. The van der Waals surface area contributed by atoms with Crippen LogP contribution in [0.25, 0.3) is 0 Å². The molecule has 2 aromatic carbocycles. The molecule has 1 fully saturated rings. The van der Waals surface area contributed by atoms with E-state index in [0.29, 0.717) is 23.7 Å². The molecule has 0 saturated carbocycles. The van der Waals surface area contributed by atoms with Crippen molar-refractivity contribution in [2.75, 3.05) is 24.5 Å². The molecule has 27 heavy (non-hydrogen) atoms. The third kappa shape index (κ3) is 4.84. The van der Waals surface area contributed by atoms with Crippen molar-refractivity contribution in [1.29, 1.82) is 0 Å². The van der Waals surface area contributed by atoms with Gasteiger partial charge in [-0.25, -0.2) is 0 Å². The molecule has 0 aliphatic carbocycles. The number of nitrogens with one attached hydrogen (secondary N) is 1. The van der Waals surface area contributed by atoms with E-state index in [-0.39, 0.29) is 11.6 Å². The molecule has 6 heteroatoms. The van der Waals surface area contributed by atoms with Crippen LogP contribution in [0.15, 0.2) is 48.5 Å². The van der Waals surface area contributed by atoms with E-state index in [4.69, 9.17) is 0 Å². The van der Waals surface area contributed by atoms with Gasteiger partial charge in [0.25, 0.3) is 11.6 Å². The zero-order chi connectivity index (χ0) is 19.2. The first-order valence-corrected chi connectivity index (χ1v) is 9.40. The summed E-state index contributed by atoms with van der Waals surface area (Å²) < 4.78 is 0. The van der Waals surface area contributed by atoms with E-state index in [2.05, 4.69) is 17.1 Å². The zero-order valence-corrected chi connectivity index (χ0v) is 15.6. The van der Waals surface area contributed by atoms with Crippen LogP contribution < -0.4 is 10.2 Å². The average Bonchev–Trinajstić information content (AvgIpc) is 2.68. The minimum atomic E-state index is -0.393. The van der Waals surface area contributed by atoms with Crippen LogP contribution >= 0.6 is 0 Å². The number of nitro benzene ring substituents is 1. The highest BCUT2D eigenvalue weighted by Gasteiger charge is 2.25. The van der Waals surface area contributed by atoms with Gasteiger partial charge in [0.05, 0.1) is 4.92 Å². The van der Waals surface area contributed by atoms with Gasteiger partial charge in [-0.05, 0) is 42.9 Å². The van der Waals surface area contributed by atoms with Crippen LogP contribution in [0.3, 0.4) is 0 Å². The molecular formula is C21H25N3O3. The molecule has 3 rings (SSSR count). The summed E-state index contributed by atoms with van der Waals surface area (Å²) in [7, 11) is 0. The van der Waals surface area contributed by atoms with Crippen molar-refractivity contribution < 1.29 is 9.72 Å². The maximum Gasteiger partial charge on any atom is 0.293 e. The van der Waals surface area contributed by atoms with Crippen LogP contribution in [0, 0.1) is 16.0 Å². The Bertz CT molecular complexity index is 808. The number of benzene rings is 2. The smallest absolute Gasteiger partial charge is 0.293 e. The average molecular weight is 367 g/mol. The Morgan fingerprint density at radius 1 is 1.26 bits per heavy atom. The van der Waals surface area contributed by atoms with Crippen molar-refractivity contribution in [3.8, 4) is 0 Å². The first kappa shape index (κ1) is 18.9. The molecule has 0 spiro atoms. The van der Waals surface area contributed by atoms with Crippen molar-refractivity contribution >= 4 is 17.3 Å². The lowest BCUT2D eigenvalue weighted by Gasteiger charge is -2.32. The number of hydrogen-bond donors (Lipinski definition) is 1. The summed E-state index contributed by atoms with van der Waals surface area (Å²) in [6.07, 6.45) is 2.89. The molecule has 1 aliphatic heterocycles. The van der Waals surface area contributed by atoms with Crippen LogP contribution in [0.5, 0.6) is 0 Å². The van der Waals surface area contributed by atoms with Crippen molar-refractivity contribution in [1.82, 2.24) is 5.32 Å². The molecule has 1 N–H and O–H groups in total. The first-order valence-electron chi connectivity index (χ1n) is 9.40. The lowest BCUT2D eigenvalue weighted by Crippen LogP contribution is -2.34. The van der Waals surface area contributed by atoms with Crippen LogP contribution in [0.1, 0.15) is 35.7 Å². The highest BCUT2D eigenvalue weighted by atomic mass is 16.6. The minimum absolute atomic E-state index is 0.000177. The molecule has 0 unspecified atom stereocenters. The molecule has 0 aromatic heterocycles. The van der Waals surface area contributed by atoms with Crippen LogP contribution in [-0.2, 0) is 6.42 Å². The number of anilines is 1. The fraction of sp³-hybridized carbons (Fsp3) is 0.381. The quantitative estimate of drug-likeness (QED) is 0.622. The number of carbonyl (C=O) groups excluding carboxylic acids is 1. The molecule has 1 saturated heterocycles. The van der Waals surface area contributed by atoms with E-state index in [1.54, 1.807) is 12.1 Å². The molecule has 0 bridgehead atoms. The molecule has 1 heterocycles. The number of hydrogen-bond acceptors (Lipinski definition) is 4. The van der Waals surface area contributed by atoms with Crippen molar-refractivity contribution in [2.45, 2.75) is 26.2 Å². The van der Waals surface area contributed by atoms with Gasteiger partial charge in [0.1, 0.15) is 5.69 Å². The molecule has 0 radical (unpaired) electrons. The third-order valence-electron chi connectivity index (χ3n) is 4.97. The van der Waals surface area contributed by atoms with Crippen molar-refractivity contribution in [3.05, 3.63) is 69.8 Å². The number of amides is 1. The fourth-order valence-electron chi connectivity index (χ4n) is 3.55. The molecule has 6 nitrogen and oxygen atoms in total. The highest BCUT2D eigenvalue weighted by molar-refractivity contribution is 5.95. The van der Waals surface area contributed by atoms with Crippen molar-refractivity contribution in [3.63, 3.8) is 0 Å². The Hall–Kier alpha value is -2.89. The summed E-state index contributed by atoms with van der Waals surface area (Å²) in [5.74, 6) is 0.229. The van der Waals surface area contributed by atoms with Gasteiger partial charge in [-0.3, -0.25) is 14.9 Å². The first-order chi connectivity index (χ1) is 13.0. The van der Waals surface area contributed by atoms with Gasteiger partial charge in [0.15, 0.2) is 0 Å². The predicted molar refractivity (Wildman–Crippen MR) is 106 cm³/mol. The fourth-order valence-corrected chi connectivity index (χ4v) is 3.55. The summed E-state index contributed by atoms with van der Waals surface area (Å²) in [6, 6.07) is 14.7. The van der Waals surface area contributed by atoms with E-state index < -0.39 is 4.92 Å². The Kier molecular flexibility index (Phi) is 6.06. The Labute approximate surface area is 159 Å². The normalized spacial score (nSPS) is 16.8. The minimum Gasteiger partial charge on any atom is -0.366 e.